The first-order chi connectivity index (χ1) is 4.70. The molecule has 0 saturated carbocycles. The van der Waals surface area contributed by atoms with Crippen molar-refractivity contribution < 1.29 is 9.53 Å². The lowest BCUT2D eigenvalue weighted by Crippen LogP contribution is -2.18. The average molecular weight is 141 g/mol. The molecular formula is C7H11NO2. The van der Waals surface area contributed by atoms with Crippen LogP contribution >= 0.6 is 0 Å². The first-order valence-electron chi connectivity index (χ1n) is 2.99. The van der Waals surface area contributed by atoms with E-state index in [1.807, 2.05) is 0 Å². The van der Waals surface area contributed by atoms with Gasteiger partial charge in [-0.2, -0.15) is 0 Å². The smallest absolute Gasteiger partial charge is 0.305 e. The molecule has 0 spiro atoms. The van der Waals surface area contributed by atoms with Crippen molar-refractivity contribution in [3.63, 3.8) is 0 Å². The van der Waals surface area contributed by atoms with Crippen LogP contribution in [-0.2, 0) is 9.53 Å². The highest BCUT2D eigenvalue weighted by Crippen LogP contribution is 1.94. The van der Waals surface area contributed by atoms with E-state index >= 15 is 0 Å². The molecule has 0 fully saturated rings. The van der Waals surface area contributed by atoms with Gasteiger partial charge in [-0.05, 0) is 6.42 Å². The summed E-state index contributed by atoms with van der Waals surface area (Å²) in [7, 11) is 1.34. The van der Waals surface area contributed by atoms with E-state index in [1.165, 1.54) is 7.11 Å². The number of carbonyl (C=O) groups excluding carboxylic acids is 1. The van der Waals surface area contributed by atoms with E-state index in [0.717, 1.165) is 0 Å². The predicted octanol–water partition coefficient (Wildman–Crippen LogP) is -0.0999. The maximum atomic E-state index is 10.5. The van der Waals surface area contributed by atoms with Gasteiger partial charge in [-0.3, -0.25) is 4.79 Å². The number of carbonyl (C=O) groups is 1. The van der Waals surface area contributed by atoms with Gasteiger partial charge in [0, 0.05) is 6.42 Å². The molecule has 0 saturated heterocycles. The molecule has 0 amide bonds. The normalized spacial score (nSPS) is 11.7. The zero-order valence-corrected chi connectivity index (χ0v) is 5.96. The van der Waals surface area contributed by atoms with Crippen molar-refractivity contribution in [3.8, 4) is 12.3 Å². The molecule has 0 bridgehead atoms. The Labute approximate surface area is 60.5 Å². The molecule has 0 aromatic carbocycles. The molecule has 0 heterocycles. The Kier molecular flexibility index (Phi) is 4.34. The number of esters is 1. The molecule has 3 nitrogen and oxygen atoms in total. The quantitative estimate of drug-likeness (QED) is 0.441. The summed E-state index contributed by atoms with van der Waals surface area (Å²) in [4.78, 5) is 10.5. The molecule has 0 aliphatic heterocycles. The standard InChI is InChI=1S/C7H11NO2/c1-3-6(8)4-5-7(9)10-2/h1,6H,4-5,8H2,2H3/t6-/m0/s1. The second-order valence-electron chi connectivity index (χ2n) is 1.89. The van der Waals surface area contributed by atoms with Crippen LogP contribution in [0.4, 0.5) is 0 Å². The minimum atomic E-state index is -0.334. The predicted molar refractivity (Wildman–Crippen MR) is 38.1 cm³/mol. The van der Waals surface area contributed by atoms with Crippen molar-refractivity contribution in [2.45, 2.75) is 18.9 Å². The van der Waals surface area contributed by atoms with Gasteiger partial charge in [0.25, 0.3) is 0 Å². The van der Waals surface area contributed by atoms with Crippen molar-refractivity contribution in [3.05, 3.63) is 0 Å². The van der Waals surface area contributed by atoms with Crippen molar-refractivity contribution in [1.29, 1.82) is 0 Å². The number of terminal acetylenes is 1. The van der Waals surface area contributed by atoms with Crippen LogP contribution in [0.1, 0.15) is 12.8 Å². The molecule has 0 rings (SSSR count). The third-order valence-electron chi connectivity index (χ3n) is 1.10. The summed E-state index contributed by atoms with van der Waals surface area (Å²) in [5, 5.41) is 0. The maximum absolute atomic E-state index is 10.5. The largest absolute Gasteiger partial charge is 0.469 e. The average Bonchev–Trinajstić information content (AvgIpc) is 1.99. The van der Waals surface area contributed by atoms with Crippen LogP contribution in [0.3, 0.4) is 0 Å². The van der Waals surface area contributed by atoms with E-state index in [4.69, 9.17) is 12.2 Å². The molecule has 2 N–H and O–H groups in total. The highest BCUT2D eigenvalue weighted by molar-refractivity contribution is 5.69. The zero-order valence-electron chi connectivity index (χ0n) is 5.96. The van der Waals surface area contributed by atoms with Crippen LogP contribution in [-0.4, -0.2) is 19.1 Å². The summed E-state index contributed by atoms with van der Waals surface area (Å²) < 4.78 is 4.38. The Morgan fingerprint density at radius 3 is 2.90 bits per heavy atom. The van der Waals surface area contributed by atoms with Crippen LogP contribution in [0.25, 0.3) is 0 Å². The summed E-state index contributed by atoms with van der Waals surface area (Å²) in [5.41, 5.74) is 5.33. The molecule has 0 unspecified atom stereocenters. The monoisotopic (exact) mass is 141 g/mol. The topological polar surface area (TPSA) is 52.3 Å². The lowest BCUT2D eigenvalue weighted by Gasteiger charge is -2.00. The number of ether oxygens (including phenoxy) is 1. The third kappa shape index (κ3) is 3.93. The van der Waals surface area contributed by atoms with Crippen LogP contribution < -0.4 is 5.73 Å². The Balaban J connectivity index is 3.37. The van der Waals surface area contributed by atoms with Gasteiger partial charge in [0.15, 0.2) is 0 Å². The SMILES string of the molecule is C#C[C@H](N)CCC(=O)OC. The Hall–Kier alpha value is -1.01. The third-order valence-corrected chi connectivity index (χ3v) is 1.10. The fourth-order valence-corrected chi connectivity index (χ4v) is 0.459. The molecule has 10 heavy (non-hydrogen) atoms. The number of methoxy groups -OCH3 is 1. The van der Waals surface area contributed by atoms with Crippen molar-refractivity contribution in [1.82, 2.24) is 0 Å². The van der Waals surface area contributed by atoms with Crippen LogP contribution in [0.5, 0.6) is 0 Å². The van der Waals surface area contributed by atoms with E-state index < -0.39 is 0 Å². The minimum absolute atomic E-state index is 0.272. The first kappa shape index (κ1) is 8.99. The summed E-state index contributed by atoms with van der Waals surface area (Å²) in [6.45, 7) is 0. The summed E-state index contributed by atoms with van der Waals surface area (Å²) >= 11 is 0. The van der Waals surface area contributed by atoms with Crippen molar-refractivity contribution >= 4 is 5.97 Å². The second-order valence-corrected chi connectivity index (χ2v) is 1.89. The fourth-order valence-electron chi connectivity index (χ4n) is 0.459. The summed E-state index contributed by atoms with van der Waals surface area (Å²) in [6.07, 6.45) is 5.76. The molecule has 1 atom stereocenters. The molecule has 0 radical (unpaired) electrons. The van der Waals surface area contributed by atoms with E-state index in [2.05, 4.69) is 10.7 Å². The number of hydrogen-bond donors (Lipinski definition) is 1. The lowest BCUT2D eigenvalue weighted by atomic mass is 10.2. The molecule has 0 aromatic rings. The molecular weight excluding hydrogens is 130 g/mol. The fraction of sp³-hybridized carbons (Fsp3) is 0.571. The highest BCUT2D eigenvalue weighted by atomic mass is 16.5. The Morgan fingerprint density at radius 2 is 2.50 bits per heavy atom. The van der Waals surface area contributed by atoms with Crippen LogP contribution in [0.15, 0.2) is 0 Å². The minimum Gasteiger partial charge on any atom is -0.469 e. The number of hydrogen-bond acceptors (Lipinski definition) is 3. The molecule has 0 aliphatic carbocycles. The van der Waals surface area contributed by atoms with Gasteiger partial charge in [0.1, 0.15) is 0 Å². The van der Waals surface area contributed by atoms with E-state index in [1.54, 1.807) is 0 Å². The van der Waals surface area contributed by atoms with Gasteiger partial charge >= 0.3 is 5.97 Å². The lowest BCUT2D eigenvalue weighted by molar-refractivity contribution is -0.140. The molecule has 3 heteroatoms. The number of rotatable bonds is 3. The van der Waals surface area contributed by atoms with Gasteiger partial charge in [-0.15, -0.1) is 6.42 Å². The van der Waals surface area contributed by atoms with Crippen LogP contribution in [0, 0.1) is 12.3 Å². The van der Waals surface area contributed by atoms with Gasteiger partial charge in [-0.25, -0.2) is 0 Å². The summed E-state index contributed by atoms with van der Waals surface area (Å²) in [6, 6.07) is -0.334. The number of nitrogens with two attached hydrogens (primary N) is 1. The maximum Gasteiger partial charge on any atom is 0.305 e. The Bertz CT molecular complexity index is 148. The van der Waals surface area contributed by atoms with Gasteiger partial charge in [0.2, 0.25) is 0 Å². The van der Waals surface area contributed by atoms with Crippen LogP contribution in [0.2, 0.25) is 0 Å². The van der Waals surface area contributed by atoms with E-state index in [9.17, 15) is 4.79 Å². The van der Waals surface area contributed by atoms with E-state index in [-0.39, 0.29) is 12.0 Å². The second kappa shape index (κ2) is 4.83. The van der Waals surface area contributed by atoms with Crippen molar-refractivity contribution in [2.75, 3.05) is 7.11 Å². The van der Waals surface area contributed by atoms with Gasteiger partial charge in [0.05, 0.1) is 13.2 Å². The molecule has 0 aromatic heterocycles. The highest BCUT2D eigenvalue weighted by Gasteiger charge is 2.02. The van der Waals surface area contributed by atoms with Crippen molar-refractivity contribution in [2.24, 2.45) is 5.73 Å². The summed E-state index contributed by atoms with van der Waals surface area (Å²) in [5.74, 6) is 2.04. The first-order valence-corrected chi connectivity index (χ1v) is 2.99. The molecule has 56 valence electrons. The zero-order chi connectivity index (χ0) is 7.98. The molecule has 0 aliphatic rings. The van der Waals surface area contributed by atoms with E-state index in [0.29, 0.717) is 12.8 Å². The Morgan fingerprint density at radius 1 is 1.90 bits per heavy atom. The van der Waals surface area contributed by atoms with Gasteiger partial charge in [-0.1, -0.05) is 5.92 Å². The van der Waals surface area contributed by atoms with Gasteiger partial charge < -0.3 is 10.5 Å².